The molecule has 4 rings (SSSR count). The SMILES string of the molecule is C[C@@H]1CN(Cc2ccc(C(=O)NCc3ccc4c(c3)CCCN4C)c(=O)[nH]2)C[C@H](C)O1. The third-order valence-corrected chi connectivity index (χ3v) is 6.05. The molecule has 7 nitrogen and oxygen atoms in total. The molecule has 1 amide bonds. The number of rotatable bonds is 5. The number of hydrogen-bond acceptors (Lipinski definition) is 5. The molecule has 2 N–H and O–H groups in total. The first kappa shape index (κ1) is 21.6. The predicted molar refractivity (Wildman–Crippen MR) is 122 cm³/mol. The van der Waals surface area contributed by atoms with Gasteiger partial charge in [-0.3, -0.25) is 14.5 Å². The lowest BCUT2D eigenvalue weighted by atomic mass is 9.99. The number of aromatic amines is 1. The topological polar surface area (TPSA) is 77.7 Å². The molecule has 3 heterocycles. The highest BCUT2D eigenvalue weighted by atomic mass is 16.5. The van der Waals surface area contributed by atoms with Crippen LogP contribution in [0.2, 0.25) is 0 Å². The summed E-state index contributed by atoms with van der Waals surface area (Å²) in [6.45, 7) is 7.88. The molecule has 7 heteroatoms. The molecule has 2 atom stereocenters. The Morgan fingerprint density at radius 2 is 1.97 bits per heavy atom. The van der Waals surface area contributed by atoms with Crippen molar-refractivity contribution in [2.45, 2.75) is 52.0 Å². The quantitative estimate of drug-likeness (QED) is 0.770. The van der Waals surface area contributed by atoms with Crippen LogP contribution in [0.5, 0.6) is 0 Å². The van der Waals surface area contributed by atoms with Gasteiger partial charge in [0, 0.05) is 51.2 Å². The summed E-state index contributed by atoms with van der Waals surface area (Å²) in [5.74, 6) is -0.351. The summed E-state index contributed by atoms with van der Waals surface area (Å²) in [6, 6.07) is 9.76. The third kappa shape index (κ3) is 5.17. The van der Waals surface area contributed by atoms with Crippen molar-refractivity contribution in [3.63, 3.8) is 0 Å². The maximum Gasteiger partial charge on any atom is 0.261 e. The minimum Gasteiger partial charge on any atom is -0.374 e. The molecule has 2 aliphatic heterocycles. The van der Waals surface area contributed by atoms with E-state index in [-0.39, 0.29) is 29.2 Å². The van der Waals surface area contributed by atoms with Gasteiger partial charge in [-0.05, 0) is 56.0 Å². The second-order valence-corrected chi connectivity index (χ2v) is 8.85. The van der Waals surface area contributed by atoms with Crippen LogP contribution >= 0.6 is 0 Å². The maximum atomic E-state index is 12.6. The zero-order valence-electron chi connectivity index (χ0n) is 18.6. The van der Waals surface area contributed by atoms with Crippen molar-refractivity contribution in [1.29, 1.82) is 0 Å². The number of benzene rings is 1. The highest BCUT2D eigenvalue weighted by Crippen LogP contribution is 2.26. The van der Waals surface area contributed by atoms with Gasteiger partial charge in [0.25, 0.3) is 11.5 Å². The number of pyridine rings is 1. The fraction of sp³-hybridized carbons (Fsp3) is 0.500. The number of carbonyl (C=O) groups is 1. The normalized spacial score (nSPS) is 21.6. The Kier molecular flexibility index (Phi) is 6.43. The monoisotopic (exact) mass is 424 g/mol. The Labute approximate surface area is 183 Å². The molecule has 0 radical (unpaired) electrons. The molecule has 1 aromatic heterocycles. The first-order valence-corrected chi connectivity index (χ1v) is 11.1. The first-order chi connectivity index (χ1) is 14.9. The summed E-state index contributed by atoms with van der Waals surface area (Å²) in [5.41, 5.74) is 4.22. The fourth-order valence-electron chi connectivity index (χ4n) is 4.67. The average Bonchev–Trinajstić information content (AvgIpc) is 2.71. The van der Waals surface area contributed by atoms with Gasteiger partial charge in [-0.2, -0.15) is 0 Å². The molecule has 0 saturated carbocycles. The number of hydrogen-bond donors (Lipinski definition) is 2. The lowest BCUT2D eigenvalue weighted by Gasteiger charge is -2.35. The summed E-state index contributed by atoms with van der Waals surface area (Å²) in [5, 5.41) is 2.89. The summed E-state index contributed by atoms with van der Waals surface area (Å²) >= 11 is 0. The zero-order valence-corrected chi connectivity index (χ0v) is 18.6. The van der Waals surface area contributed by atoms with E-state index in [1.165, 1.54) is 11.3 Å². The van der Waals surface area contributed by atoms with Crippen molar-refractivity contribution in [2.75, 3.05) is 31.6 Å². The number of aromatic nitrogens is 1. The van der Waals surface area contributed by atoms with E-state index in [2.05, 4.69) is 53.1 Å². The number of morpholine rings is 1. The minimum atomic E-state index is -0.351. The Balaban J connectivity index is 1.37. The van der Waals surface area contributed by atoms with Gasteiger partial charge in [0.2, 0.25) is 0 Å². The van der Waals surface area contributed by atoms with Gasteiger partial charge < -0.3 is 19.9 Å². The fourth-order valence-corrected chi connectivity index (χ4v) is 4.67. The Hall–Kier alpha value is -2.64. The molecule has 0 unspecified atom stereocenters. The number of nitrogens with one attached hydrogen (secondary N) is 2. The molecule has 1 aromatic carbocycles. The van der Waals surface area contributed by atoms with Crippen LogP contribution in [0.25, 0.3) is 0 Å². The van der Waals surface area contributed by atoms with E-state index in [0.29, 0.717) is 13.1 Å². The second-order valence-electron chi connectivity index (χ2n) is 8.85. The summed E-state index contributed by atoms with van der Waals surface area (Å²) < 4.78 is 5.76. The second kappa shape index (κ2) is 9.24. The van der Waals surface area contributed by atoms with Crippen LogP contribution in [-0.4, -0.2) is 54.7 Å². The van der Waals surface area contributed by atoms with Gasteiger partial charge in [0.1, 0.15) is 5.56 Å². The number of nitrogens with zero attached hydrogens (tertiary/aromatic N) is 2. The highest BCUT2D eigenvalue weighted by Gasteiger charge is 2.22. The first-order valence-electron chi connectivity index (χ1n) is 11.1. The number of ether oxygens (including phenoxy) is 1. The molecule has 166 valence electrons. The average molecular weight is 425 g/mol. The van der Waals surface area contributed by atoms with Gasteiger partial charge in [0.05, 0.1) is 12.2 Å². The van der Waals surface area contributed by atoms with Gasteiger partial charge >= 0.3 is 0 Å². The molecule has 2 aliphatic rings. The van der Waals surface area contributed by atoms with Crippen LogP contribution in [0.4, 0.5) is 5.69 Å². The molecule has 31 heavy (non-hydrogen) atoms. The largest absolute Gasteiger partial charge is 0.374 e. The summed E-state index contributed by atoms with van der Waals surface area (Å²) in [6.07, 6.45) is 2.54. The third-order valence-electron chi connectivity index (χ3n) is 6.05. The highest BCUT2D eigenvalue weighted by molar-refractivity contribution is 5.93. The van der Waals surface area contributed by atoms with Crippen LogP contribution in [0.3, 0.4) is 0 Å². The number of amides is 1. The molecular formula is C24H32N4O3. The van der Waals surface area contributed by atoms with E-state index in [0.717, 1.165) is 43.7 Å². The van der Waals surface area contributed by atoms with Crippen molar-refractivity contribution in [3.8, 4) is 0 Å². The number of anilines is 1. The van der Waals surface area contributed by atoms with Crippen molar-refractivity contribution in [2.24, 2.45) is 0 Å². The van der Waals surface area contributed by atoms with Crippen molar-refractivity contribution >= 4 is 11.6 Å². The molecular weight excluding hydrogens is 392 g/mol. The van der Waals surface area contributed by atoms with Crippen LogP contribution in [0, 0.1) is 0 Å². The van der Waals surface area contributed by atoms with Gasteiger partial charge in [-0.15, -0.1) is 0 Å². The number of aryl methyl sites for hydroxylation is 1. The Morgan fingerprint density at radius 1 is 1.19 bits per heavy atom. The lowest BCUT2D eigenvalue weighted by Crippen LogP contribution is -2.45. The predicted octanol–water partition coefficient (Wildman–Crippen LogP) is 2.30. The molecule has 0 spiro atoms. The van der Waals surface area contributed by atoms with Crippen LogP contribution < -0.4 is 15.8 Å². The number of fused-ring (bicyclic) bond motifs is 1. The zero-order chi connectivity index (χ0) is 22.0. The smallest absolute Gasteiger partial charge is 0.261 e. The van der Waals surface area contributed by atoms with Crippen LogP contribution in [-0.2, 0) is 24.2 Å². The van der Waals surface area contributed by atoms with Gasteiger partial charge in [-0.1, -0.05) is 12.1 Å². The summed E-state index contributed by atoms with van der Waals surface area (Å²) in [7, 11) is 2.11. The molecule has 1 fully saturated rings. The number of H-pyrrole nitrogens is 1. The maximum absolute atomic E-state index is 12.6. The summed E-state index contributed by atoms with van der Waals surface area (Å²) in [4.78, 5) is 32.5. The van der Waals surface area contributed by atoms with Crippen molar-refractivity contribution < 1.29 is 9.53 Å². The minimum absolute atomic E-state index is 0.144. The molecule has 2 aromatic rings. The van der Waals surface area contributed by atoms with Crippen LogP contribution in [0.15, 0.2) is 35.1 Å². The van der Waals surface area contributed by atoms with E-state index in [1.54, 1.807) is 6.07 Å². The van der Waals surface area contributed by atoms with Crippen LogP contribution in [0.1, 0.15) is 47.4 Å². The molecule has 1 saturated heterocycles. The van der Waals surface area contributed by atoms with Gasteiger partial charge in [0.15, 0.2) is 0 Å². The Morgan fingerprint density at radius 3 is 2.71 bits per heavy atom. The van der Waals surface area contributed by atoms with Crippen molar-refractivity contribution in [3.05, 3.63) is 63.1 Å². The van der Waals surface area contributed by atoms with E-state index < -0.39 is 0 Å². The molecule has 0 bridgehead atoms. The Bertz CT molecular complexity index is 993. The molecule has 0 aliphatic carbocycles. The lowest BCUT2D eigenvalue weighted by molar-refractivity contribution is -0.0707. The van der Waals surface area contributed by atoms with E-state index in [9.17, 15) is 9.59 Å². The van der Waals surface area contributed by atoms with E-state index in [1.807, 2.05) is 12.1 Å². The van der Waals surface area contributed by atoms with E-state index >= 15 is 0 Å². The number of carbonyl (C=O) groups excluding carboxylic acids is 1. The van der Waals surface area contributed by atoms with E-state index in [4.69, 9.17) is 4.74 Å². The van der Waals surface area contributed by atoms with Gasteiger partial charge in [-0.25, -0.2) is 0 Å². The van der Waals surface area contributed by atoms with Crippen molar-refractivity contribution in [1.82, 2.24) is 15.2 Å². The standard InChI is InChI=1S/C24H32N4O3/c1-16-13-28(14-17(2)31-16)15-20-7-8-21(24(30)26-20)23(29)25-12-18-6-9-22-19(11-18)5-4-10-27(22)3/h6-9,11,16-17H,4-5,10,12-15H2,1-3H3,(H,25,29)(H,26,30)/t16-,17+.